The van der Waals surface area contributed by atoms with Gasteiger partial charge in [0, 0.05) is 23.1 Å². The molecule has 0 aliphatic carbocycles. The van der Waals surface area contributed by atoms with Crippen LogP contribution in [0, 0.1) is 0 Å². The lowest BCUT2D eigenvalue weighted by Crippen LogP contribution is -2.39. The van der Waals surface area contributed by atoms with Crippen LogP contribution in [0.25, 0.3) is 11.3 Å². The van der Waals surface area contributed by atoms with Crippen molar-refractivity contribution in [1.29, 1.82) is 0 Å². The maximum Gasteiger partial charge on any atom is 0.315 e. The lowest BCUT2D eigenvalue weighted by Gasteiger charge is -2.07. The van der Waals surface area contributed by atoms with Gasteiger partial charge in [0.25, 0.3) is 0 Å². The largest absolute Gasteiger partial charge is 0.508 e. The third kappa shape index (κ3) is 3.73. The molecule has 0 saturated heterocycles. The van der Waals surface area contributed by atoms with Gasteiger partial charge in [0.1, 0.15) is 11.5 Å². The van der Waals surface area contributed by atoms with Gasteiger partial charge in [-0.1, -0.05) is 0 Å². The summed E-state index contributed by atoms with van der Waals surface area (Å²) in [6.07, 6.45) is 0. The minimum atomic E-state index is -0.801. The summed E-state index contributed by atoms with van der Waals surface area (Å²) in [7, 11) is 0. The number of phenolic OH excluding ortho intramolecular Hbond substituents is 2. The van der Waals surface area contributed by atoms with Crippen LogP contribution >= 0.6 is 11.3 Å². The smallest absolute Gasteiger partial charge is 0.315 e. The number of phenols is 2. The van der Waals surface area contributed by atoms with Crippen molar-refractivity contribution in [3.05, 3.63) is 23.6 Å². The molecule has 7 nitrogen and oxygen atoms in total. The van der Waals surface area contributed by atoms with E-state index in [1.165, 1.54) is 18.2 Å². The number of aromatic nitrogens is 1. The van der Waals surface area contributed by atoms with Crippen LogP contribution in [-0.2, 0) is 9.59 Å². The maximum absolute atomic E-state index is 11.7. The average molecular weight is 321 g/mol. The topological polar surface area (TPSA) is 112 Å². The molecule has 0 radical (unpaired) electrons. The fourth-order valence-corrected chi connectivity index (χ4v) is 2.38. The number of nitrogens with one attached hydrogen (secondary N) is 2. The van der Waals surface area contributed by atoms with Crippen LogP contribution in [0.5, 0.6) is 11.5 Å². The molecule has 1 aromatic heterocycles. The number of amides is 2. The minimum absolute atomic E-state index is 0.0598. The molecule has 2 rings (SSSR count). The van der Waals surface area contributed by atoms with Crippen molar-refractivity contribution in [2.45, 2.75) is 19.9 Å². The molecule has 0 unspecified atom stereocenters. The van der Waals surface area contributed by atoms with Crippen LogP contribution in [0.15, 0.2) is 23.6 Å². The summed E-state index contributed by atoms with van der Waals surface area (Å²) in [5.74, 6) is -1.72. The molecule has 22 heavy (non-hydrogen) atoms. The zero-order valence-corrected chi connectivity index (χ0v) is 12.8. The average Bonchev–Trinajstić information content (AvgIpc) is 2.86. The van der Waals surface area contributed by atoms with E-state index in [2.05, 4.69) is 15.6 Å². The Hall–Kier alpha value is -2.61. The Morgan fingerprint density at radius 1 is 1.23 bits per heavy atom. The molecule has 1 aromatic carbocycles. The normalized spacial score (nSPS) is 10.5. The second kappa shape index (κ2) is 6.44. The SMILES string of the molecule is CC(C)NC(=O)C(=O)Nc1nc(-c2ccc(O)cc2O)cs1. The van der Waals surface area contributed by atoms with Crippen molar-refractivity contribution >= 4 is 28.3 Å². The first-order chi connectivity index (χ1) is 10.4. The Labute approximate surface area is 130 Å². The van der Waals surface area contributed by atoms with Gasteiger partial charge < -0.3 is 15.5 Å². The molecule has 8 heteroatoms. The summed E-state index contributed by atoms with van der Waals surface area (Å²) in [6, 6.07) is 3.99. The second-order valence-corrected chi connectivity index (χ2v) is 5.68. The van der Waals surface area contributed by atoms with Gasteiger partial charge in [-0.3, -0.25) is 14.9 Å². The van der Waals surface area contributed by atoms with Crippen molar-refractivity contribution in [3.8, 4) is 22.8 Å². The van der Waals surface area contributed by atoms with Crippen LogP contribution in [0.3, 0.4) is 0 Å². The monoisotopic (exact) mass is 321 g/mol. The van der Waals surface area contributed by atoms with Crippen molar-refractivity contribution in [3.63, 3.8) is 0 Å². The first kappa shape index (κ1) is 15.8. The minimum Gasteiger partial charge on any atom is -0.508 e. The van der Waals surface area contributed by atoms with E-state index in [9.17, 15) is 19.8 Å². The van der Waals surface area contributed by atoms with Gasteiger partial charge in [-0.15, -0.1) is 11.3 Å². The number of thiazole rings is 1. The number of aromatic hydroxyl groups is 2. The van der Waals surface area contributed by atoms with Crippen LogP contribution in [0.1, 0.15) is 13.8 Å². The molecule has 0 bridgehead atoms. The molecule has 0 fully saturated rings. The highest BCUT2D eigenvalue weighted by Gasteiger charge is 2.17. The molecule has 4 N–H and O–H groups in total. The Kier molecular flexibility index (Phi) is 4.62. The second-order valence-electron chi connectivity index (χ2n) is 4.82. The van der Waals surface area contributed by atoms with Crippen molar-refractivity contribution in [2.75, 3.05) is 5.32 Å². The summed E-state index contributed by atoms with van der Waals surface area (Å²) in [5, 5.41) is 25.8. The third-order valence-electron chi connectivity index (χ3n) is 2.61. The first-order valence-corrected chi connectivity index (χ1v) is 7.34. The van der Waals surface area contributed by atoms with Crippen LogP contribution in [-0.4, -0.2) is 33.1 Å². The number of nitrogens with zero attached hydrogens (tertiary/aromatic N) is 1. The fraction of sp³-hybridized carbons (Fsp3) is 0.214. The van der Waals surface area contributed by atoms with Crippen LogP contribution in [0.2, 0.25) is 0 Å². The molecule has 0 aliphatic rings. The summed E-state index contributed by atoms with van der Waals surface area (Å²) >= 11 is 1.13. The van der Waals surface area contributed by atoms with Crippen molar-refractivity contribution in [1.82, 2.24) is 10.3 Å². The number of rotatable bonds is 3. The van der Waals surface area contributed by atoms with E-state index in [0.717, 1.165) is 11.3 Å². The number of hydrogen-bond acceptors (Lipinski definition) is 6. The number of anilines is 1. The predicted molar refractivity (Wildman–Crippen MR) is 82.8 cm³/mol. The molecule has 116 valence electrons. The van der Waals surface area contributed by atoms with Gasteiger partial charge in [-0.05, 0) is 26.0 Å². The molecule has 0 saturated carbocycles. The molecular formula is C14H15N3O4S. The van der Waals surface area contributed by atoms with E-state index < -0.39 is 11.8 Å². The molecule has 1 heterocycles. The molecule has 0 atom stereocenters. The zero-order chi connectivity index (χ0) is 16.3. The Balaban J connectivity index is 2.11. The van der Waals surface area contributed by atoms with Gasteiger partial charge in [0.05, 0.1) is 5.69 Å². The number of carbonyl (C=O) groups is 2. The summed E-state index contributed by atoms with van der Waals surface area (Å²) in [6.45, 7) is 3.50. The molecule has 0 spiro atoms. The molecule has 0 aliphatic heterocycles. The highest BCUT2D eigenvalue weighted by Crippen LogP contribution is 2.33. The van der Waals surface area contributed by atoms with E-state index in [1.807, 2.05) is 0 Å². The third-order valence-corrected chi connectivity index (χ3v) is 3.37. The number of hydrogen-bond donors (Lipinski definition) is 4. The van der Waals surface area contributed by atoms with Gasteiger partial charge in [-0.25, -0.2) is 4.98 Å². The van der Waals surface area contributed by atoms with Gasteiger partial charge in [0.2, 0.25) is 0 Å². The lowest BCUT2D eigenvalue weighted by molar-refractivity contribution is -0.136. The molecule has 2 aromatic rings. The lowest BCUT2D eigenvalue weighted by atomic mass is 10.1. The highest BCUT2D eigenvalue weighted by atomic mass is 32.1. The van der Waals surface area contributed by atoms with E-state index >= 15 is 0 Å². The summed E-state index contributed by atoms with van der Waals surface area (Å²) in [5.41, 5.74) is 0.850. The van der Waals surface area contributed by atoms with Crippen LogP contribution < -0.4 is 10.6 Å². The van der Waals surface area contributed by atoms with E-state index in [-0.39, 0.29) is 22.7 Å². The highest BCUT2D eigenvalue weighted by molar-refractivity contribution is 7.14. The van der Waals surface area contributed by atoms with E-state index in [1.54, 1.807) is 19.2 Å². The van der Waals surface area contributed by atoms with Gasteiger partial charge >= 0.3 is 11.8 Å². The fourth-order valence-electron chi connectivity index (χ4n) is 1.67. The van der Waals surface area contributed by atoms with Crippen molar-refractivity contribution < 1.29 is 19.8 Å². The van der Waals surface area contributed by atoms with Gasteiger partial charge in [0.15, 0.2) is 5.13 Å². The Morgan fingerprint density at radius 2 is 1.95 bits per heavy atom. The predicted octanol–water partition coefficient (Wildman–Crippen LogP) is 1.68. The zero-order valence-electron chi connectivity index (χ0n) is 12.0. The quantitative estimate of drug-likeness (QED) is 0.643. The number of carbonyl (C=O) groups excluding carboxylic acids is 2. The van der Waals surface area contributed by atoms with Gasteiger partial charge in [-0.2, -0.15) is 0 Å². The van der Waals surface area contributed by atoms with E-state index in [4.69, 9.17) is 0 Å². The standard InChI is InChI=1S/C14H15N3O4S/c1-7(2)15-12(20)13(21)17-14-16-10(6-22-14)9-4-3-8(18)5-11(9)19/h3-7,18-19H,1-2H3,(H,15,20)(H,16,17,21). The molecular weight excluding hydrogens is 306 g/mol. The summed E-state index contributed by atoms with van der Waals surface area (Å²) < 4.78 is 0. The van der Waals surface area contributed by atoms with Crippen molar-refractivity contribution in [2.24, 2.45) is 0 Å². The summed E-state index contributed by atoms with van der Waals surface area (Å²) in [4.78, 5) is 27.3. The Bertz CT molecular complexity index is 712. The molecule has 2 amide bonds. The Morgan fingerprint density at radius 3 is 2.59 bits per heavy atom. The number of benzene rings is 1. The van der Waals surface area contributed by atoms with Crippen LogP contribution in [0.4, 0.5) is 5.13 Å². The first-order valence-electron chi connectivity index (χ1n) is 6.46. The maximum atomic E-state index is 11.7. The van der Waals surface area contributed by atoms with E-state index in [0.29, 0.717) is 11.3 Å².